The van der Waals surface area contributed by atoms with Crippen molar-refractivity contribution < 1.29 is 50.5 Å². The molecule has 3 aromatic rings. The van der Waals surface area contributed by atoms with E-state index in [4.69, 9.17) is 14.3 Å². The van der Waals surface area contributed by atoms with Gasteiger partial charge in [-0.1, -0.05) is 29.8 Å². The number of carbonyl (C=O) groups is 2. The van der Waals surface area contributed by atoms with Crippen LogP contribution in [0, 0.1) is 12.1 Å². The summed E-state index contributed by atoms with van der Waals surface area (Å²) in [6, 6.07) is 11.1. The summed E-state index contributed by atoms with van der Waals surface area (Å²) in [6.45, 7) is 6.33. The molecule has 1 unspecified atom stereocenters. The molecule has 2 heterocycles. The summed E-state index contributed by atoms with van der Waals surface area (Å²) in [7, 11) is -4.45. The summed E-state index contributed by atoms with van der Waals surface area (Å²) >= 11 is 0. The molecular formula is C27H29F3N6O8S. The van der Waals surface area contributed by atoms with E-state index >= 15 is 0 Å². The molecule has 14 nitrogen and oxygen atoms in total. The van der Waals surface area contributed by atoms with E-state index < -0.39 is 52.4 Å². The van der Waals surface area contributed by atoms with Crippen LogP contribution in [0.1, 0.15) is 38.4 Å². The predicted octanol–water partition coefficient (Wildman–Crippen LogP) is 4.46. The number of sulfonamides is 1. The molecule has 1 N–H and O–H groups in total. The molecule has 0 radical (unpaired) electrons. The number of rotatable bonds is 10. The van der Waals surface area contributed by atoms with Gasteiger partial charge >= 0.3 is 12.3 Å². The Balaban J connectivity index is 1.45. The Morgan fingerprint density at radius 2 is 1.73 bits per heavy atom. The van der Waals surface area contributed by atoms with E-state index in [1.807, 2.05) is 11.6 Å². The number of aromatic nitrogens is 2. The van der Waals surface area contributed by atoms with Gasteiger partial charge in [0.15, 0.2) is 11.7 Å². The second-order valence-electron chi connectivity index (χ2n) is 10.2. The summed E-state index contributed by atoms with van der Waals surface area (Å²) in [6.07, 6.45) is -7.41. The van der Waals surface area contributed by atoms with Crippen molar-refractivity contribution in [1.29, 1.82) is 0 Å². The molecule has 1 aromatic heterocycles. The molecule has 0 spiro atoms. The van der Waals surface area contributed by atoms with Crippen LogP contribution < -0.4 is 4.72 Å². The molecule has 18 heteroatoms. The van der Waals surface area contributed by atoms with Crippen molar-refractivity contribution in [2.24, 2.45) is 5.28 Å². The largest absolute Gasteiger partial charge is 0.569 e. The second kappa shape index (κ2) is 13.0. The van der Waals surface area contributed by atoms with Gasteiger partial charge in [0.1, 0.15) is 0 Å². The van der Waals surface area contributed by atoms with Crippen LogP contribution in [0.4, 0.5) is 18.0 Å². The van der Waals surface area contributed by atoms with Gasteiger partial charge in [0, 0.05) is 18.9 Å². The van der Waals surface area contributed by atoms with Crippen LogP contribution in [0.15, 0.2) is 64.8 Å². The van der Waals surface area contributed by atoms with Crippen LogP contribution in [0.25, 0.3) is 16.9 Å². The summed E-state index contributed by atoms with van der Waals surface area (Å²) in [5.74, 6) is -1.03. The van der Waals surface area contributed by atoms with Gasteiger partial charge < -0.3 is 14.7 Å². The van der Waals surface area contributed by atoms with Gasteiger partial charge in [0.2, 0.25) is 5.28 Å². The van der Waals surface area contributed by atoms with Gasteiger partial charge in [-0.25, -0.2) is 22.6 Å². The van der Waals surface area contributed by atoms with Crippen molar-refractivity contribution in [2.75, 3.05) is 6.54 Å². The molecule has 2 atom stereocenters. The molecule has 0 aliphatic carbocycles. The number of carbonyl (C=O) groups excluding carboxylic acids is 2. The quantitative estimate of drug-likeness (QED) is 0.108. The lowest BCUT2D eigenvalue weighted by Gasteiger charge is -2.34. The van der Waals surface area contributed by atoms with Gasteiger partial charge in [-0.05, 0) is 51.1 Å². The first-order valence-electron chi connectivity index (χ1n) is 13.4. The first-order valence-corrected chi connectivity index (χ1v) is 14.9. The molecule has 0 saturated carbocycles. The Morgan fingerprint density at radius 3 is 2.29 bits per heavy atom. The zero-order chi connectivity index (χ0) is 33.1. The maximum atomic E-state index is 13.5. The molecule has 1 aliphatic rings. The zero-order valence-electron chi connectivity index (χ0n) is 24.4. The van der Waals surface area contributed by atoms with Crippen molar-refractivity contribution in [1.82, 2.24) is 19.5 Å². The highest BCUT2D eigenvalue weighted by molar-refractivity contribution is 7.90. The molecule has 1 aliphatic heterocycles. The average molecular weight is 655 g/mol. The van der Waals surface area contributed by atoms with Crippen LogP contribution in [0.3, 0.4) is 0 Å². The number of amides is 1. The van der Waals surface area contributed by atoms with E-state index in [1.165, 1.54) is 19.1 Å². The monoisotopic (exact) mass is 654 g/mol. The highest BCUT2D eigenvalue weighted by Crippen LogP contribution is 2.33. The fourth-order valence-corrected chi connectivity index (χ4v) is 5.06. The van der Waals surface area contributed by atoms with Gasteiger partial charge in [-0.15, -0.1) is 5.01 Å². The minimum Gasteiger partial charge on any atom is -0.569 e. The van der Waals surface area contributed by atoms with E-state index in [0.717, 1.165) is 33.5 Å². The minimum atomic E-state index is -4.72. The summed E-state index contributed by atoms with van der Waals surface area (Å²) in [5, 5.41) is 20.1. The summed E-state index contributed by atoms with van der Waals surface area (Å²) in [4.78, 5) is 28.6. The second-order valence-corrected chi connectivity index (χ2v) is 11.8. The summed E-state index contributed by atoms with van der Waals surface area (Å²) in [5.41, 5.74) is 0.489. The first-order chi connectivity index (χ1) is 21.0. The highest BCUT2D eigenvalue weighted by atomic mass is 32.2. The average Bonchev–Trinajstić information content (AvgIpc) is 3.37. The molecule has 1 saturated heterocycles. The third kappa shape index (κ3) is 8.00. The van der Waals surface area contributed by atoms with Crippen LogP contribution in [-0.2, 0) is 35.3 Å². The Morgan fingerprint density at radius 1 is 1.09 bits per heavy atom. The third-order valence-electron chi connectivity index (χ3n) is 6.35. The molecule has 1 fully saturated rings. The standard InChI is InChI=1S/C27H29F3N6O8S/c1-16(2)42-26(38)43-18(4)44-33-36(39)34-14-13-22(34)25(37)32-45(40,41)21-11-9-20(10-12-21)35-23(15-24(31-35)27(28,29)30)19-7-5-17(3)6-8-19/h5-12,15-16,18,22H,13-14H2,1-4H3,(H,32,37)/t18?,22-/m0/s1. The number of hydrogen-bond acceptors (Lipinski definition) is 10. The normalized spacial score (nSPS) is 16.1. The summed E-state index contributed by atoms with van der Waals surface area (Å²) < 4.78 is 78.8. The Kier molecular flexibility index (Phi) is 9.55. The molecular weight excluding hydrogens is 625 g/mol. The lowest BCUT2D eigenvalue weighted by molar-refractivity contribution is -0.730. The van der Waals surface area contributed by atoms with Gasteiger partial charge in [0.25, 0.3) is 22.2 Å². The minimum absolute atomic E-state index is 0.0426. The number of alkyl halides is 3. The molecule has 1 amide bonds. The van der Waals surface area contributed by atoms with Crippen molar-refractivity contribution in [3.63, 3.8) is 0 Å². The number of aryl methyl sites for hydroxylation is 1. The molecule has 0 bridgehead atoms. The Labute approximate surface area is 255 Å². The number of nitrogens with zero attached hydrogens (tertiary/aromatic N) is 5. The predicted molar refractivity (Wildman–Crippen MR) is 148 cm³/mol. The van der Waals surface area contributed by atoms with E-state index in [2.05, 4.69) is 10.4 Å². The van der Waals surface area contributed by atoms with Crippen molar-refractivity contribution >= 4 is 22.1 Å². The van der Waals surface area contributed by atoms with Crippen molar-refractivity contribution in [2.45, 2.75) is 63.6 Å². The lowest BCUT2D eigenvalue weighted by Crippen LogP contribution is -2.59. The number of halogens is 3. The van der Waals surface area contributed by atoms with Gasteiger partial charge in [-0.2, -0.15) is 18.3 Å². The third-order valence-corrected chi connectivity index (χ3v) is 7.71. The number of ether oxygens (including phenoxy) is 2. The topological polar surface area (TPSA) is 167 Å². The van der Waals surface area contributed by atoms with E-state index in [9.17, 15) is 36.4 Å². The van der Waals surface area contributed by atoms with Gasteiger partial charge in [0.05, 0.1) is 33.9 Å². The number of hydrazine groups is 1. The molecule has 2 aromatic carbocycles. The SMILES string of the molecule is Cc1ccc(-c2cc(C(F)(F)F)nn2-c2ccc(S(=O)(=O)NC(=O)[C@@H]3CCN3[N+]([O-])=NOC(C)OC(=O)OC(C)C)cc2)cc1. The molecule has 45 heavy (non-hydrogen) atoms. The van der Waals surface area contributed by atoms with Crippen molar-refractivity contribution in [3.05, 3.63) is 71.1 Å². The van der Waals surface area contributed by atoms with Gasteiger partial charge in [-0.3, -0.25) is 9.63 Å². The molecule has 4 rings (SSSR count). The van der Waals surface area contributed by atoms with Crippen LogP contribution in [0.5, 0.6) is 0 Å². The van der Waals surface area contributed by atoms with E-state index in [-0.39, 0.29) is 34.2 Å². The smallest absolute Gasteiger partial charge is 0.511 e. The fourth-order valence-electron chi connectivity index (χ4n) is 4.05. The Hall–Kier alpha value is -4.87. The maximum Gasteiger partial charge on any atom is 0.511 e. The highest BCUT2D eigenvalue weighted by Gasteiger charge is 2.42. The lowest BCUT2D eigenvalue weighted by atomic mass is 10.1. The molecule has 242 valence electrons. The zero-order valence-corrected chi connectivity index (χ0v) is 25.2. The number of nitrogens with one attached hydrogen (secondary N) is 1. The fraction of sp³-hybridized carbons (Fsp3) is 0.370. The van der Waals surface area contributed by atoms with Crippen LogP contribution in [0.2, 0.25) is 0 Å². The van der Waals surface area contributed by atoms with E-state index in [0.29, 0.717) is 5.56 Å². The van der Waals surface area contributed by atoms with Crippen LogP contribution in [-0.4, -0.2) is 65.2 Å². The van der Waals surface area contributed by atoms with Crippen LogP contribution >= 0.6 is 0 Å². The van der Waals surface area contributed by atoms with E-state index in [1.54, 1.807) is 38.1 Å². The Bertz CT molecular complexity index is 1680. The first kappa shape index (κ1) is 33.0. The number of hydrogen-bond donors (Lipinski definition) is 1. The maximum absolute atomic E-state index is 13.5. The van der Waals surface area contributed by atoms with Crippen molar-refractivity contribution in [3.8, 4) is 16.9 Å². The number of benzene rings is 2.